The monoisotopic (exact) mass is 230 g/mol. The number of nitrogens with one attached hydrogen (secondary N) is 1. The van der Waals surface area contributed by atoms with E-state index in [2.05, 4.69) is 10.3 Å². The predicted molar refractivity (Wildman–Crippen MR) is 62.6 cm³/mol. The highest BCUT2D eigenvalue weighted by atomic mass is 16.4. The maximum absolute atomic E-state index is 11.0. The first-order chi connectivity index (χ1) is 8.18. The van der Waals surface area contributed by atoms with Gasteiger partial charge in [-0.2, -0.15) is 0 Å². The number of nitrogens with zero attached hydrogens (tertiary/aromatic N) is 1. The van der Waals surface area contributed by atoms with Gasteiger partial charge in [0, 0.05) is 6.20 Å². The Morgan fingerprint density at radius 1 is 1.18 bits per heavy atom. The summed E-state index contributed by atoms with van der Waals surface area (Å²) in [6.45, 7) is 0. The third-order valence-corrected chi connectivity index (χ3v) is 2.20. The van der Waals surface area contributed by atoms with Crippen molar-refractivity contribution in [3.63, 3.8) is 0 Å². The van der Waals surface area contributed by atoms with E-state index in [1.54, 1.807) is 24.3 Å². The maximum atomic E-state index is 11.0. The summed E-state index contributed by atoms with van der Waals surface area (Å²) < 4.78 is 0. The average Bonchev–Trinajstić information content (AvgIpc) is 2.32. The van der Waals surface area contributed by atoms with Crippen LogP contribution < -0.4 is 5.32 Å². The van der Waals surface area contributed by atoms with Crippen molar-refractivity contribution in [3.8, 4) is 5.75 Å². The van der Waals surface area contributed by atoms with Crippen molar-refractivity contribution >= 4 is 17.5 Å². The third kappa shape index (κ3) is 2.34. The second kappa shape index (κ2) is 4.52. The number of carbonyl (C=O) groups is 1. The molecule has 86 valence electrons. The molecule has 1 aromatic heterocycles. The lowest BCUT2D eigenvalue weighted by Crippen LogP contribution is -2.04. The topological polar surface area (TPSA) is 82.5 Å². The van der Waals surface area contributed by atoms with E-state index in [9.17, 15) is 9.90 Å². The van der Waals surface area contributed by atoms with Crippen LogP contribution in [-0.2, 0) is 0 Å². The number of phenols is 1. The van der Waals surface area contributed by atoms with Gasteiger partial charge >= 0.3 is 5.97 Å². The molecule has 3 N–H and O–H groups in total. The van der Waals surface area contributed by atoms with E-state index < -0.39 is 5.97 Å². The van der Waals surface area contributed by atoms with Crippen LogP contribution in [0.3, 0.4) is 0 Å². The van der Waals surface area contributed by atoms with Crippen molar-refractivity contribution in [1.29, 1.82) is 0 Å². The molecule has 0 aliphatic rings. The molecular weight excluding hydrogens is 220 g/mol. The van der Waals surface area contributed by atoms with Crippen molar-refractivity contribution in [2.75, 3.05) is 5.32 Å². The predicted octanol–water partition coefficient (Wildman–Crippen LogP) is 2.23. The Morgan fingerprint density at radius 3 is 2.65 bits per heavy atom. The minimum atomic E-state index is -1.07. The molecule has 1 heterocycles. The van der Waals surface area contributed by atoms with Crippen LogP contribution in [0.25, 0.3) is 0 Å². The van der Waals surface area contributed by atoms with Crippen molar-refractivity contribution in [3.05, 3.63) is 48.2 Å². The second-order valence-electron chi connectivity index (χ2n) is 3.35. The Bertz CT molecular complexity index is 555. The van der Waals surface area contributed by atoms with Gasteiger partial charge in [-0.25, -0.2) is 9.78 Å². The summed E-state index contributed by atoms with van der Waals surface area (Å²) in [6.07, 6.45) is 1.48. The van der Waals surface area contributed by atoms with Crippen LogP contribution in [0.2, 0.25) is 0 Å². The molecule has 0 fully saturated rings. The number of anilines is 2. The van der Waals surface area contributed by atoms with Gasteiger partial charge in [0.1, 0.15) is 17.1 Å². The van der Waals surface area contributed by atoms with E-state index in [1.165, 1.54) is 18.3 Å². The lowest BCUT2D eigenvalue weighted by atomic mass is 10.2. The number of phenolic OH excluding ortho intramolecular Hbond substituents is 1. The Balaban J connectivity index is 2.37. The number of carboxylic acid groups (broad SMARTS) is 1. The SMILES string of the molecule is O=C(O)c1cccnc1Nc1ccccc1O. The van der Waals surface area contributed by atoms with Crippen LogP contribution in [0.1, 0.15) is 10.4 Å². The van der Waals surface area contributed by atoms with E-state index >= 15 is 0 Å². The average molecular weight is 230 g/mol. The third-order valence-electron chi connectivity index (χ3n) is 2.20. The van der Waals surface area contributed by atoms with E-state index in [0.29, 0.717) is 5.69 Å². The largest absolute Gasteiger partial charge is 0.506 e. The molecule has 2 aromatic rings. The fourth-order valence-corrected chi connectivity index (χ4v) is 1.38. The number of aromatic hydroxyl groups is 1. The van der Waals surface area contributed by atoms with Crippen LogP contribution in [-0.4, -0.2) is 21.2 Å². The Labute approximate surface area is 97.4 Å². The number of benzene rings is 1. The zero-order valence-corrected chi connectivity index (χ0v) is 8.79. The van der Waals surface area contributed by atoms with E-state index in [1.807, 2.05) is 0 Å². The quantitative estimate of drug-likeness (QED) is 0.704. The minimum Gasteiger partial charge on any atom is -0.506 e. The fourth-order valence-electron chi connectivity index (χ4n) is 1.38. The fraction of sp³-hybridized carbons (Fsp3) is 0. The van der Waals surface area contributed by atoms with Crippen molar-refractivity contribution in [1.82, 2.24) is 4.98 Å². The molecule has 0 atom stereocenters. The van der Waals surface area contributed by atoms with E-state index in [0.717, 1.165) is 0 Å². The van der Waals surface area contributed by atoms with Crippen molar-refractivity contribution < 1.29 is 15.0 Å². The van der Waals surface area contributed by atoms with Gasteiger partial charge in [0.15, 0.2) is 0 Å². The van der Waals surface area contributed by atoms with Gasteiger partial charge in [-0.05, 0) is 24.3 Å². The minimum absolute atomic E-state index is 0.0366. The molecule has 17 heavy (non-hydrogen) atoms. The summed E-state index contributed by atoms with van der Waals surface area (Å²) in [5.41, 5.74) is 0.462. The number of hydrogen-bond donors (Lipinski definition) is 3. The smallest absolute Gasteiger partial charge is 0.339 e. The van der Waals surface area contributed by atoms with Gasteiger partial charge in [-0.1, -0.05) is 12.1 Å². The molecule has 0 unspecified atom stereocenters. The molecule has 5 heteroatoms. The second-order valence-corrected chi connectivity index (χ2v) is 3.35. The summed E-state index contributed by atoms with van der Waals surface area (Å²) in [5, 5.41) is 21.3. The van der Waals surface area contributed by atoms with Gasteiger partial charge < -0.3 is 15.5 Å². The van der Waals surface area contributed by atoms with E-state index in [-0.39, 0.29) is 17.1 Å². The normalized spacial score (nSPS) is 9.88. The van der Waals surface area contributed by atoms with Gasteiger partial charge in [0.25, 0.3) is 0 Å². The Kier molecular flexibility index (Phi) is 2.91. The lowest BCUT2D eigenvalue weighted by Gasteiger charge is -2.09. The van der Waals surface area contributed by atoms with Gasteiger partial charge in [0.05, 0.1) is 5.69 Å². The van der Waals surface area contributed by atoms with Gasteiger partial charge in [-0.3, -0.25) is 0 Å². The highest BCUT2D eigenvalue weighted by Crippen LogP contribution is 2.26. The molecule has 0 bridgehead atoms. The Hall–Kier alpha value is -2.56. The highest BCUT2D eigenvalue weighted by Gasteiger charge is 2.11. The number of aromatic nitrogens is 1. The zero-order valence-electron chi connectivity index (χ0n) is 8.79. The molecule has 0 amide bonds. The number of hydrogen-bond acceptors (Lipinski definition) is 4. The van der Waals surface area contributed by atoms with E-state index in [4.69, 9.17) is 5.11 Å². The maximum Gasteiger partial charge on any atom is 0.339 e. The van der Waals surface area contributed by atoms with Crippen molar-refractivity contribution in [2.24, 2.45) is 0 Å². The Morgan fingerprint density at radius 2 is 1.94 bits per heavy atom. The lowest BCUT2D eigenvalue weighted by molar-refractivity contribution is 0.0697. The molecule has 0 radical (unpaired) electrons. The first-order valence-corrected chi connectivity index (χ1v) is 4.92. The summed E-state index contributed by atoms with van der Waals surface area (Å²) >= 11 is 0. The molecule has 0 aliphatic heterocycles. The molecule has 1 aromatic carbocycles. The summed E-state index contributed by atoms with van der Waals surface area (Å²) in [7, 11) is 0. The molecular formula is C12H10N2O3. The standard InChI is InChI=1S/C12H10N2O3/c15-10-6-2-1-5-9(10)14-11-8(12(16)17)4-3-7-13-11/h1-7,15H,(H,13,14)(H,16,17). The number of pyridine rings is 1. The van der Waals surface area contributed by atoms with Gasteiger partial charge in [-0.15, -0.1) is 0 Å². The number of rotatable bonds is 3. The van der Waals surface area contributed by atoms with Crippen LogP contribution in [0.5, 0.6) is 5.75 Å². The summed E-state index contributed by atoms with van der Waals surface area (Å²) in [5.74, 6) is -0.841. The first kappa shape index (κ1) is 10.9. The van der Waals surface area contributed by atoms with Gasteiger partial charge in [0.2, 0.25) is 0 Å². The molecule has 5 nitrogen and oxygen atoms in total. The summed E-state index contributed by atoms with van der Waals surface area (Å²) in [6, 6.07) is 9.53. The first-order valence-electron chi connectivity index (χ1n) is 4.92. The molecule has 0 aliphatic carbocycles. The molecule has 0 saturated carbocycles. The summed E-state index contributed by atoms with van der Waals surface area (Å²) in [4.78, 5) is 14.9. The van der Waals surface area contributed by atoms with Crippen LogP contribution >= 0.6 is 0 Å². The zero-order chi connectivity index (χ0) is 12.3. The van der Waals surface area contributed by atoms with Crippen molar-refractivity contribution in [2.45, 2.75) is 0 Å². The molecule has 0 spiro atoms. The number of para-hydroxylation sites is 2. The highest BCUT2D eigenvalue weighted by molar-refractivity contribution is 5.94. The number of carboxylic acids is 1. The van der Waals surface area contributed by atoms with Crippen LogP contribution in [0.15, 0.2) is 42.6 Å². The number of aromatic carboxylic acids is 1. The molecule has 2 rings (SSSR count). The van der Waals surface area contributed by atoms with Crippen LogP contribution in [0.4, 0.5) is 11.5 Å². The van der Waals surface area contributed by atoms with Crippen LogP contribution in [0, 0.1) is 0 Å². The molecule has 0 saturated heterocycles.